The molecule has 1 aromatic carbocycles. The lowest BCUT2D eigenvalue weighted by molar-refractivity contribution is 0.402. The summed E-state index contributed by atoms with van der Waals surface area (Å²) in [4.78, 5) is 0. The quantitative estimate of drug-likeness (QED) is 0.709. The lowest BCUT2D eigenvalue weighted by Gasteiger charge is -2.21. The van der Waals surface area contributed by atoms with E-state index in [9.17, 15) is 4.39 Å². The highest BCUT2D eigenvalue weighted by Crippen LogP contribution is 2.29. The minimum absolute atomic E-state index is 0.125. The zero-order valence-electron chi connectivity index (χ0n) is 13.6. The van der Waals surface area contributed by atoms with E-state index >= 15 is 0 Å². The molecule has 1 unspecified atom stereocenters. The maximum Gasteiger partial charge on any atom is 0.123 e. The first-order valence-corrected chi connectivity index (χ1v) is 8.67. The van der Waals surface area contributed by atoms with Crippen LogP contribution in [0.4, 0.5) is 4.39 Å². The van der Waals surface area contributed by atoms with Crippen LogP contribution in [0.5, 0.6) is 0 Å². The first kappa shape index (κ1) is 16.5. The molecule has 1 atom stereocenters. The van der Waals surface area contributed by atoms with Crippen molar-refractivity contribution in [3.8, 4) is 0 Å². The number of nitrogens with one attached hydrogen (secondary N) is 1. The molecule has 1 N–H and O–H groups in total. The number of aryl methyl sites for hydroxylation is 1. The first-order valence-electron chi connectivity index (χ1n) is 8.67. The van der Waals surface area contributed by atoms with Crippen molar-refractivity contribution in [1.29, 1.82) is 0 Å². The van der Waals surface area contributed by atoms with Gasteiger partial charge in [-0.2, -0.15) is 0 Å². The molecule has 1 aliphatic rings. The largest absolute Gasteiger partial charge is 0.314 e. The Balaban J connectivity index is 1.90. The van der Waals surface area contributed by atoms with E-state index in [0.29, 0.717) is 6.04 Å². The molecule has 0 aliphatic heterocycles. The number of rotatable bonds is 8. The maximum atomic E-state index is 13.2. The summed E-state index contributed by atoms with van der Waals surface area (Å²) < 4.78 is 13.2. The third-order valence-electron chi connectivity index (χ3n) is 4.85. The van der Waals surface area contributed by atoms with Crippen LogP contribution in [0.25, 0.3) is 0 Å². The van der Waals surface area contributed by atoms with Crippen LogP contribution < -0.4 is 5.32 Å². The molecule has 0 bridgehead atoms. The van der Waals surface area contributed by atoms with E-state index in [4.69, 9.17) is 0 Å². The number of hydrogen-bond donors (Lipinski definition) is 1. The van der Waals surface area contributed by atoms with Crippen LogP contribution >= 0.6 is 0 Å². The zero-order valence-corrected chi connectivity index (χ0v) is 13.6. The summed E-state index contributed by atoms with van der Waals surface area (Å²) in [5.41, 5.74) is 2.37. The standard InChI is InChI=1S/C19H30FN/c1-3-12-21-19(11-8-16-6-4-5-7-16)14-17-9-10-18(20)13-15(17)2/h9-10,13,16,19,21H,3-8,11-12,14H2,1-2H3. The zero-order chi connectivity index (χ0) is 15.1. The van der Waals surface area contributed by atoms with Gasteiger partial charge in [0.05, 0.1) is 0 Å². The van der Waals surface area contributed by atoms with E-state index in [1.54, 1.807) is 12.1 Å². The topological polar surface area (TPSA) is 12.0 Å². The first-order chi connectivity index (χ1) is 10.2. The maximum absolute atomic E-state index is 13.2. The van der Waals surface area contributed by atoms with E-state index in [-0.39, 0.29) is 5.82 Å². The van der Waals surface area contributed by atoms with Crippen LogP contribution in [0.3, 0.4) is 0 Å². The Kier molecular flexibility index (Phi) is 6.69. The molecular formula is C19H30FN. The van der Waals surface area contributed by atoms with Gasteiger partial charge in [-0.15, -0.1) is 0 Å². The second kappa shape index (κ2) is 8.53. The number of halogens is 1. The molecule has 2 heteroatoms. The minimum Gasteiger partial charge on any atom is -0.314 e. The fraction of sp³-hybridized carbons (Fsp3) is 0.684. The molecule has 0 radical (unpaired) electrons. The van der Waals surface area contributed by atoms with Crippen molar-refractivity contribution in [1.82, 2.24) is 5.32 Å². The van der Waals surface area contributed by atoms with Crippen LogP contribution in [0, 0.1) is 18.7 Å². The lowest BCUT2D eigenvalue weighted by atomic mass is 9.93. The number of hydrogen-bond acceptors (Lipinski definition) is 1. The highest BCUT2D eigenvalue weighted by Gasteiger charge is 2.18. The Bertz CT molecular complexity index is 424. The van der Waals surface area contributed by atoms with Crippen molar-refractivity contribution in [3.63, 3.8) is 0 Å². The molecule has 0 heterocycles. The normalized spacial score (nSPS) is 17.3. The molecule has 0 spiro atoms. The van der Waals surface area contributed by atoms with Gasteiger partial charge in [0.1, 0.15) is 5.82 Å². The second-order valence-electron chi connectivity index (χ2n) is 6.65. The Hall–Kier alpha value is -0.890. The predicted molar refractivity (Wildman–Crippen MR) is 88.1 cm³/mol. The van der Waals surface area contributed by atoms with E-state index in [0.717, 1.165) is 24.4 Å². The van der Waals surface area contributed by atoms with Crippen molar-refractivity contribution in [2.45, 2.75) is 71.3 Å². The Morgan fingerprint density at radius 2 is 2.05 bits per heavy atom. The Labute approximate surface area is 129 Å². The molecule has 1 aliphatic carbocycles. The van der Waals surface area contributed by atoms with Crippen LogP contribution in [0.2, 0.25) is 0 Å². The molecule has 2 rings (SSSR count). The molecule has 0 aromatic heterocycles. The van der Waals surface area contributed by atoms with Gasteiger partial charge in [0.2, 0.25) is 0 Å². The smallest absolute Gasteiger partial charge is 0.123 e. The molecule has 1 aromatic rings. The van der Waals surface area contributed by atoms with Gasteiger partial charge in [-0.25, -0.2) is 4.39 Å². The van der Waals surface area contributed by atoms with E-state index < -0.39 is 0 Å². The molecule has 1 fully saturated rings. The van der Waals surface area contributed by atoms with Gasteiger partial charge in [-0.1, -0.05) is 38.7 Å². The average molecular weight is 291 g/mol. The van der Waals surface area contributed by atoms with E-state index in [1.807, 2.05) is 13.0 Å². The van der Waals surface area contributed by atoms with Crippen molar-refractivity contribution < 1.29 is 4.39 Å². The molecule has 0 saturated heterocycles. The van der Waals surface area contributed by atoms with Gasteiger partial charge in [-0.05, 0) is 68.3 Å². The van der Waals surface area contributed by atoms with Gasteiger partial charge in [-0.3, -0.25) is 0 Å². The summed E-state index contributed by atoms with van der Waals surface area (Å²) in [5.74, 6) is 0.825. The molecule has 1 nitrogen and oxygen atoms in total. The number of benzene rings is 1. The third-order valence-corrected chi connectivity index (χ3v) is 4.85. The van der Waals surface area contributed by atoms with Gasteiger partial charge >= 0.3 is 0 Å². The van der Waals surface area contributed by atoms with Gasteiger partial charge < -0.3 is 5.32 Å². The van der Waals surface area contributed by atoms with Gasteiger partial charge in [0.15, 0.2) is 0 Å². The molecular weight excluding hydrogens is 261 g/mol. The molecule has 0 amide bonds. The summed E-state index contributed by atoms with van der Waals surface area (Å²) in [6.45, 7) is 5.31. The lowest BCUT2D eigenvalue weighted by Crippen LogP contribution is -2.32. The Morgan fingerprint density at radius 1 is 1.29 bits per heavy atom. The summed E-state index contributed by atoms with van der Waals surface area (Å²) >= 11 is 0. The summed E-state index contributed by atoms with van der Waals surface area (Å²) in [5, 5.41) is 3.69. The summed E-state index contributed by atoms with van der Waals surface area (Å²) in [6.07, 6.45) is 10.5. The van der Waals surface area contributed by atoms with Crippen molar-refractivity contribution in [3.05, 3.63) is 35.1 Å². The van der Waals surface area contributed by atoms with Crippen molar-refractivity contribution in [2.75, 3.05) is 6.54 Å². The third kappa shape index (κ3) is 5.43. The van der Waals surface area contributed by atoms with Crippen molar-refractivity contribution in [2.24, 2.45) is 5.92 Å². The highest BCUT2D eigenvalue weighted by molar-refractivity contribution is 5.27. The molecule has 21 heavy (non-hydrogen) atoms. The second-order valence-corrected chi connectivity index (χ2v) is 6.65. The predicted octanol–water partition coefficient (Wildman–Crippen LogP) is 5.02. The molecule has 1 saturated carbocycles. The Morgan fingerprint density at radius 3 is 2.71 bits per heavy atom. The van der Waals surface area contributed by atoms with Crippen LogP contribution in [0.1, 0.15) is 63.0 Å². The summed E-state index contributed by atoms with van der Waals surface area (Å²) in [7, 11) is 0. The van der Waals surface area contributed by atoms with Gasteiger partial charge in [0, 0.05) is 6.04 Å². The van der Waals surface area contributed by atoms with E-state index in [2.05, 4.69) is 12.2 Å². The monoisotopic (exact) mass is 291 g/mol. The highest BCUT2D eigenvalue weighted by atomic mass is 19.1. The van der Waals surface area contributed by atoms with Gasteiger partial charge in [0.25, 0.3) is 0 Å². The SMILES string of the molecule is CCCNC(CCC1CCCC1)Cc1ccc(F)cc1C. The fourth-order valence-electron chi connectivity index (χ4n) is 3.51. The molecule has 118 valence electrons. The summed E-state index contributed by atoms with van der Waals surface area (Å²) in [6, 6.07) is 5.75. The van der Waals surface area contributed by atoms with Crippen molar-refractivity contribution >= 4 is 0 Å². The average Bonchev–Trinajstić information content (AvgIpc) is 2.97. The van der Waals surface area contributed by atoms with E-state index in [1.165, 1.54) is 50.5 Å². The van der Waals surface area contributed by atoms with Crippen LogP contribution in [-0.2, 0) is 6.42 Å². The minimum atomic E-state index is -0.125. The van der Waals surface area contributed by atoms with Crippen LogP contribution in [-0.4, -0.2) is 12.6 Å². The van der Waals surface area contributed by atoms with Crippen LogP contribution in [0.15, 0.2) is 18.2 Å². The fourth-order valence-corrected chi connectivity index (χ4v) is 3.51.